The van der Waals surface area contributed by atoms with Crippen LogP contribution in [0, 0.1) is 6.92 Å². The quantitative estimate of drug-likeness (QED) is 0.365. The first-order chi connectivity index (χ1) is 17.1. The van der Waals surface area contributed by atoms with Gasteiger partial charge in [0.25, 0.3) is 0 Å². The van der Waals surface area contributed by atoms with Crippen molar-refractivity contribution in [3.8, 4) is 11.4 Å². The van der Waals surface area contributed by atoms with Gasteiger partial charge in [-0.2, -0.15) is 0 Å². The van der Waals surface area contributed by atoms with E-state index >= 15 is 0 Å². The van der Waals surface area contributed by atoms with Gasteiger partial charge in [0, 0.05) is 59.7 Å². The fraction of sp³-hybridized carbons (Fsp3) is 0.233. The zero-order valence-electron chi connectivity index (χ0n) is 20.2. The van der Waals surface area contributed by atoms with E-state index in [1.807, 2.05) is 0 Å². The van der Waals surface area contributed by atoms with E-state index in [0.29, 0.717) is 0 Å². The van der Waals surface area contributed by atoms with Gasteiger partial charge in [0.1, 0.15) is 11.3 Å². The molecule has 1 fully saturated rings. The van der Waals surface area contributed by atoms with Crippen LogP contribution in [0.4, 0.5) is 0 Å². The van der Waals surface area contributed by atoms with Crippen LogP contribution in [0.5, 0.6) is 0 Å². The second-order valence-corrected chi connectivity index (χ2v) is 9.64. The van der Waals surface area contributed by atoms with Crippen LogP contribution in [0.25, 0.3) is 33.6 Å². The summed E-state index contributed by atoms with van der Waals surface area (Å²) in [6.07, 6.45) is 4.32. The van der Waals surface area contributed by atoms with Crippen molar-refractivity contribution < 1.29 is 0 Å². The number of aromatic nitrogens is 3. The maximum atomic E-state index is 6.22. The van der Waals surface area contributed by atoms with E-state index in [0.717, 1.165) is 66.5 Å². The van der Waals surface area contributed by atoms with Gasteiger partial charge in [0.15, 0.2) is 0 Å². The monoisotopic (exact) mass is 461 g/mol. The van der Waals surface area contributed by atoms with Crippen LogP contribution in [-0.4, -0.2) is 38.0 Å². The van der Waals surface area contributed by atoms with Gasteiger partial charge in [0.2, 0.25) is 0 Å². The molecular formula is C30H31N5. The number of hydrogen-bond acceptors (Lipinski definition) is 3. The number of hydrogen-bond donors (Lipinski definition) is 1. The fourth-order valence-corrected chi connectivity index (χ4v) is 5.37. The van der Waals surface area contributed by atoms with Crippen LogP contribution < -0.4 is 5.73 Å². The molecule has 5 aromatic rings. The highest BCUT2D eigenvalue weighted by Gasteiger charge is 2.21. The number of imidazole rings is 1. The number of nitrogens with two attached hydrogens (primary N) is 1. The third-order valence-corrected chi connectivity index (χ3v) is 7.27. The third kappa shape index (κ3) is 3.92. The summed E-state index contributed by atoms with van der Waals surface area (Å²) >= 11 is 0. The number of fused-ring (bicyclic) bond motifs is 2. The second-order valence-electron chi connectivity index (χ2n) is 9.64. The van der Waals surface area contributed by atoms with Gasteiger partial charge >= 0.3 is 0 Å². The fourth-order valence-electron chi connectivity index (χ4n) is 5.37. The normalized spacial score (nSPS) is 16.3. The Morgan fingerprint density at radius 1 is 1.06 bits per heavy atom. The minimum absolute atomic E-state index is 0.219. The summed E-state index contributed by atoms with van der Waals surface area (Å²) in [5, 5.41) is 1.23. The van der Waals surface area contributed by atoms with Crippen molar-refractivity contribution in [3.63, 3.8) is 0 Å². The molecule has 1 saturated heterocycles. The predicted molar refractivity (Wildman–Crippen MR) is 144 cm³/mol. The molecule has 5 heteroatoms. The maximum Gasteiger partial charge on any atom is 0.138 e. The Kier molecular flexibility index (Phi) is 5.42. The number of aryl methyl sites for hydroxylation is 1. The van der Waals surface area contributed by atoms with E-state index in [9.17, 15) is 0 Å². The number of rotatable bonds is 5. The Morgan fingerprint density at radius 3 is 2.69 bits per heavy atom. The minimum Gasteiger partial charge on any atom is -0.370 e. The lowest BCUT2D eigenvalue weighted by Crippen LogP contribution is -2.41. The van der Waals surface area contributed by atoms with Crippen LogP contribution in [0.3, 0.4) is 0 Å². The molecule has 4 heterocycles. The van der Waals surface area contributed by atoms with Crippen LogP contribution in [0.2, 0.25) is 0 Å². The molecule has 176 valence electrons. The molecule has 35 heavy (non-hydrogen) atoms. The number of piperidine rings is 1. The van der Waals surface area contributed by atoms with Gasteiger partial charge in [-0.15, -0.1) is 0 Å². The van der Waals surface area contributed by atoms with Crippen molar-refractivity contribution >= 4 is 22.2 Å². The molecule has 6 rings (SSSR count). The van der Waals surface area contributed by atoms with Crippen LogP contribution >= 0.6 is 0 Å². The molecule has 1 unspecified atom stereocenters. The maximum absolute atomic E-state index is 6.22. The number of benzene rings is 2. The lowest BCUT2D eigenvalue weighted by molar-refractivity contribution is 0.296. The van der Waals surface area contributed by atoms with Crippen LogP contribution in [0.15, 0.2) is 85.6 Å². The molecule has 0 aliphatic carbocycles. The van der Waals surface area contributed by atoms with Crippen molar-refractivity contribution in [1.29, 1.82) is 0 Å². The first-order valence-electron chi connectivity index (χ1n) is 12.4. The Labute approximate surface area is 206 Å². The minimum atomic E-state index is 0.219. The average Bonchev–Trinajstić information content (AvgIpc) is 3.41. The lowest BCUT2D eigenvalue weighted by atomic mass is 10.0. The Morgan fingerprint density at radius 2 is 1.86 bits per heavy atom. The van der Waals surface area contributed by atoms with Crippen LogP contribution in [-0.2, 0) is 6.54 Å². The summed E-state index contributed by atoms with van der Waals surface area (Å²) in [4.78, 5) is 7.45. The molecule has 2 aromatic carbocycles. The Hall–Kier alpha value is -3.83. The average molecular weight is 462 g/mol. The topological polar surface area (TPSA) is 51.5 Å². The van der Waals surface area contributed by atoms with Crippen molar-refractivity contribution in [2.75, 3.05) is 13.1 Å². The molecule has 0 saturated carbocycles. The Balaban J connectivity index is 1.43. The SMILES string of the molecule is C=C(c1ccn2c(C)c(-c3cc4ccccc4n3Cc3ccccc3)nc2c1)N1CCCC(N)C1. The van der Waals surface area contributed by atoms with Gasteiger partial charge in [-0.05, 0) is 49.6 Å². The van der Waals surface area contributed by atoms with Gasteiger partial charge in [-0.25, -0.2) is 4.98 Å². The summed E-state index contributed by atoms with van der Waals surface area (Å²) in [5.74, 6) is 0. The van der Waals surface area contributed by atoms with Crippen LogP contribution in [0.1, 0.15) is 29.7 Å². The van der Waals surface area contributed by atoms with E-state index in [4.69, 9.17) is 10.7 Å². The van der Waals surface area contributed by atoms with Gasteiger partial charge in [-0.1, -0.05) is 55.1 Å². The molecule has 0 bridgehead atoms. The molecule has 1 aliphatic rings. The molecule has 0 amide bonds. The lowest BCUT2D eigenvalue weighted by Gasteiger charge is -2.34. The summed E-state index contributed by atoms with van der Waals surface area (Å²) in [6, 6.07) is 26.0. The molecule has 3 aromatic heterocycles. The molecule has 5 nitrogen and oxygen atoms in total. The van der Waals surface area contributed by atoms with Crippen molar-refractivity contribution in [2.45, 2.75) is 32.4 Å². The first kappa shape index (κ1) is 21.7. The van der Waals surface area contributed by atoms with Gasteiger partial charge in [0.05, 0.1) is 5.69 Å². The highest BCUT2D eigenvalue weighted by atomic mass is 15.2. The van der Waals surface area contributed by atoms with Crippen molar-refractivity contribution in [3.05, 3.63) is 102 Å². The molecule has 1 aliphatic heterocycles. The van der Waals surface area contributed by atoms with Gasteiger partial charge in [-0.3, -0.25) is 0 Å². The van der Waals surface area contributed by atoms with E-state index < -0.39 is 0 Å². The summed E-state index contributed by atoms with van der Waals surface area (Å²) in [5.41, 5.74) is 15.1. The van der Waals surface area contributed by atoms with Gasteiger partial charge < -0.3 is 19.6 Å². The summed E-state index contributed by atoms with van der Waals surface area (Å²) in [7, 11) is 0. The number of likely N-dealkylation sites (tertiary alicyclic amines) is 1. The standard InChI is InChI=1S/C30H31N5/c1-21(33-15-8-12-26(31)20-33)24-14-16-34-22(2)30(32-29(34)18-24)28-17-25-11-6-7-13-27(25)35(28)19-23-9-4-3-5-10-23/h3-7,9-11,13-14,16-18,26H,1,8,12,15,19-20,31H2,2H3. The molecule has 1 atom stereocenters. The number of pyridine rings is 1. The van der Waals surface area contributed by atoms with E-state index in [1.54, 1.807) is 0 Å². The zero-order valence-corrected chi connectivity index (χ0v) is 20.2. The predicted octanol–water partition coefficient (Wildman–Crippen LogP) is 5.71. The molecule has 2 N–H and O–H groups in total. The smallest absolute Gasteiger partial charge is 0.138 e. The molecular weight excluding hydrogens is 430 g/mol. The summed E-state index contributed by atoms with van der Waals surface area (Å²) < 4.78 is 4.56. The van der Waals surface area contributed by atoms with E-state index in [-0.39, 0.29) is 6.04 Å². The molecule has 0 radical (unpaired) electrons. The highest BCUT2D eigenvalue weighted by Crippen LogP contribution is 2.32. The largest absolute Gasteiger partial charge is 0.370 e. The second kappa shape index (κ2) is 8.75. The molecule has 0 spiro atoms. The summed E-state index contributed by atoms with van der Waals surface area (Å²) in [6.45, 7) is 9.22. The van der Waals surface area contributed by atoms with E-state index in [2.05, 4.69) is 106 Å². The van der Waals surface area contributed by atoms with E-state index in [1.165, 1.54) is 16.5 Å². The zero-order chi connectivity index (χ0) is 23.9. The Bertz CT molecular complexity index is 1530. The number of nitrogens with zero attached hydrogens (tertiary/aromatic N) is 4. The van der Waals surface area contributed by atoms with Crippen molar-refractivity contribution in [1.82, 2.24) is 18.9 Å². The number of para-hydroxylation sites is 1. The third-order valence-electron chi connectivity index (χ3n) is 7.27. The first-order valence-corrected chi connectivity index (χ1v) is 12.4. The van der Waals surface area contributed by atoms with Crippen molar-refractivity contribution in [2.24, 2.45) is 5.73 Å². The highest BCUT2D eigenvalue weighted by molar-refractivity contribution is 5.87.